The Morgan fingerprint density at radius 1 is 1.22 bits per heavy atom. The Morgan fingerprint density at radius 3 is 2.91 bits per heavy atom. The molecule has 1 fully saturated rings. The van der Waals surface area contributed by atoms with Crippen LogP contribution in [0.15, 0.2) is 24.7 Å². The Bertz CT molecular complexity index is 1100. The lowest BCUT2D eigenvalue weighted by Crippen LogP contribution is -2.42. The normalized spacial score (nSPS) is 19.5. The smallest absolute Gasteiger partial charge is 0.250 e. The van der Waals surface area contributed by atoms with E-state index in [9.17, 15) is 4.39 Å². The van der Waals surface area contributed by atoms with Gasteiger partial charge in [-0.05, 0) is 19.5 Å². The lowest BCUT2D eigenvalue weighted by Gasteiger charge is -2.29. The van der Waals surface area contributed by atoms with Gasteiger partial charge in [0.25, 0.3) is 0 Å². The summed E-state index contributed by atoms with van der Waals surface area (Å²) < 4.78 is 34.7. The fraction of sp³-hybridized carbons (Fsp3) is 0.500. The Morgan fingerprint density at radius 2 is 2.09 bits per heavy atom. The molecule has 3 aromatic heterocycles. The molecule has 5 heterocycles. The minimum Gasteiger partial charge on any atom is -0.479 e. The summed E-state index contributed by atoms with van der Waals surface area (Å²) in [5.41, 5.74) is 4.30. The summed E-state index contributed by atoms with van der Waals surface area (Å²) in [6.45, 7) is 4.46. The summed E-state index contributed by atoms with van der Waals surface area (Å²) in [5, 5.41) is 9.40. The monoisotopic (exact) mass is 442 g/mol. The molecule has 5 rings (SSSR count). The molecule has 0 aromatic carbocycles. The number of ether oxygens (including phenoxy) is 3. The third-order valence-corrected chi connectivity index (χ3v) is 5.94. The fourth-order valence-electron chi connectivity index (χ4n) is 4.35. The average Bonchev–Trinajstić information content (AvgIpc) is 3.30. The van der Waals surface area contributed by atoms with E-state index in [-0.39, 0.29) is 12.0 Å². The highest BCUT2D eigenvalue weighted by molar-refractivity contribution is 5.65. The number of nitrogens with zero attached hydrogens (tertiary/aromatic N) is 6. The van der Waals surface area contributed by atoms with Gasteiger partial charge in [0.1, 0.15) is 5.69 Å². The highest BCUT2D eigenvalue weighted by Crippen LogP contribution is 2.31. The zero-order valence-corrected chi connectivity index (χ0v) is 18.3. The molecule has 1 unspecified atom stereocenters. The van der Waals surface area contributed by atoms with Crippen molar-refractivity contribution >= 4 is 0 Å². The Hall–Kier alpha value is -2.82. The van der Waals surface area contributed by atoms with Crippen LogP contribution < -0.4 is 4.74 Å². The number of hydrogen-bond acceptors (Lipinski definition) is 7. The summed E-state index contributed by atoms with van der Waals surface area (Å²) in [6, 6.07) is 1.42. The molecule has 0 radical (unpaired) electrons. The molecule has 10 heteroatoms. The molecule has 1 saturated heterocycles. The minimum atomic E-state index is -0.511. The third kappa shape index (κ3) is 4.13. The van der Waals surface area contributed by atoms with Gasteiger partial charge in [0.05, 0.1) is 63.4 Å². The molecule has 9 nitrogen and oxygen atoms in total. The zero-order chi connectivity index (χ0) is 22.1. The van der Waals surface area contributed by atoms with Crippen LogP contribution in [-0.4, -0.2) is 82.6 Å². The second-order valence-electron chi connectivity index (χ2n) is 8.19. The van der Waals surface area contributed by atoms with Crippen LogP contribution in [0.1, 0.15) is 11.3 Å². The van der Waals surface area contributed by atoms with Crippen LogP contribution in [0.2, 0.25) is 0 Å². The number of aromatic nitrogens is 5. The van der Waals surface area contributed by atoms with E-state index < -0.39 is 5.82 Å². The summed E-state index contributed by atoms with van der Waals surface area (Å²) >= 11 is 0. The van der Waals surface area contributed by atoms with Crippen molar-refractivity contribution in [2.75, 3.05) is 47.1 Å². The van der Waals surface area contributed by atoms with Gasteiger partial charge in [0.15, 0.2) is 5.82 Å². The van der Waals surface area contributed by atoms with Crippen molar-refractivity contribution in [3.05, 3.63) is 41.7 Å². The number of fused-ring (bicyclic) bond motifs is 1. The highest BCUT2D eigenvalue weighted by Gasteiger charge is 2.24. The molecule has 0 saturated carbocycles. The number of morpholine rings is 1. The zero-order valence-electron chi connectivity index (χ0n) is 18.3. The first-order chi connectivity index (χ1) is 15.6. The summed E-state index contributed by atoms with van der Waals surface area (Å²) in [6.07, 6.45) is 6.91. The van der Waals surface area contributed by atoms with Gasteiger partial charge in [0, 0.05) is 36.8 Å². The van der Waals surface area contributed by atoms with E-state index in [0.29, 0.717) is 37.4 Å². The van der Waals surface area contributed by atoms with Gasteiger partial charge in [-0.1, -0.05) is 0 Å². The molecule has 0 spiro atoms. The number of halogens is 1. The molecule has 170 valence electrons. The van der Waals surface area contributed by atoms with Crippen molar-refractivity contribution in [3.63, 3.8) is 0 Å². The molecule has 1 atom stereocenters. The van der Waals surface area contributed by atoms with Crippen molar-refractivity contribution in [2.24, 2.45) is 0 Å². The Balaban J connectivity index is 1.48. The van der Waals surface area contributed by atoms with Gasteiger partial charge >= 0.3 is 0 Å². The molecule has 0 bridgehead atoms. The van der Waals surface area contributed by atoms with Gasteiger partial charge in [-0.25, -0.2) is 14.1 Å². The quantitative estimate of drug-likeness (QED) is 0.595. The number of pyridine rings is 1. The van der Waals surface area contributed by atoms with Gasteiger partial charge in [-0.3, -0.25) is 4.68 Å². The van der Waals surface area contributed by atoms with Crippen LogP contribution >= 0.6 is 0 Å². The topological polar surface area (TPSA) is 79.5 Å². The van der Waals surface area contributed by atoms with Gasteiger partial charge in [0.2, 0.25) is 5.88 Å². The molecular formula is C22H27FN6O3. The number of likely N-dealkylation sites (N-methyl/N-ethyl adjacent to an activating group) is 1. The third-order valence-electron chi connectivity index (χ3n) is 5.94. The standard InChI is InChI=1S/C22H27FN6O3/c1-27-5-8-32-17(13-27)14-28-12-16(11-25-28)29-20-4-7-31-6-3-18(20)21(26-29)15-9-19(23)22(30-2)24-10-15/h9-12,17H,3-8,13-14H2,1-2H3. The van der Waals surface area contributed by atoms with E-state index in [1.54, 1.807) is 6.20 Å². The molecule has 0 amide bonds. The molecule has 2 aliphatic heterocycles. The maximum absolute atomic E-state index is 14.4. The maximum Gasteiger partial charge on any atom is 0.250 e. The van der Waals surface area contributed by atoms with E-state index in [1.165, 1.54) is 13.2 Å². The lowest BCUT2D eigenvalue weighted by atomic mass is 10.0. The van der Waals surface area contributed by atoms with Crippen LogP contribution in [-0.2, 0) is 28.9 Å². The van der Waals surface area contributed by atoms with E-state index in [2.05, 4.69) is 22.0 Å². The van der Waals surface area contributed by atoms with Crippen LogP contribution in [0.4, 0.5) is 4.39 Å². The van der Waals surface area contributed by atoms with Crippen molar-refractivity contribution in [1.82, 2.24) is 29.4 Å². The summed E-state index contributed by atoms with van der Waals surface area (Å²) in [7, 11) is 3.50. The minimum absolute atomic E-state index is 0.0283. The van der Waals surface area contributed by atoms with Gasteiger partial charge in [-0.2, -0.15) is 10.2 Å². The number of rotatable bonds is 5. The van der Waals surface area contributed by atoms with Crippen molar-refractivity contribution in [3.8, 4) is 22.8 Å². The summed E-state index contributed by atoms with van der Waals surface area (Å²) in [5.74, 6) is -0.539. The van der Waals surface area contributed by atoms with E-state index in [0.717, 1.165) is 43.1 Å². The second-order valence-corrected chi connectivity index (χ2v) is 8.19. The van der Waals surface area contributed by atoms with Crippen LogP contribution in [0.25, 0.3) is 16.9 Å². The fourth-order valence-corrected chi connectivity index (χ4v) is 4.35. The van der Waals surface area contributed by atoms with E-state index in [1.807, 2.05) is 21.8 Å². The van der Waals surface area contributed by atoms with Crippen molar-refractivity contribution < 1.29 is 18.6 Å². The predicted octanol–water partition coefficient (Wildman–Crippen LogP) is 1.72. The van der Waals surface area contributed by atoms with Crippen LogP contribution in [0.3, 0.4) is 0 Å². The molecule has 0 N–H and O–H groups in total. The van der Waals surface area contributed by atoms with Gasteiger partial charge < -0.3 is 19.1 Å². The summed E-state index contributed by atoms with van der Waals surface area (Å²) in [4.78, 5) is 6.35. The molecular weight excluding hydrogens is 415 g/mol. The first-order valence-corrected chi connectivity index (χ1v) is 10.8. The van der Waals surface area contributed by atoms with Crippen LogP contribution in [0, 0.1) is 5.82 Å². The van der Waals surface area contributed by atoms with E-state index >= 15 is 0 Å². The SMILES string of the molecule is COc1ncc(-c2nn(-c3cnn(CC4CN(C)CCO4)c3)c3c2CCOCC3)cc1F. The lowest BCUT2D eigenvalue weighted by molar-refractivity contribution is -0.0290. The number of methoxy groups -OCH3 is 1. The predicted molar refractivity (Wildman–Crippen MR) is 115 cm³/mol. The average molecular weight is 442 g/mol. The maximum atomic E-state index is 14.4. The Kier molecular flexibility index (Phi) is 5.90. The van der Waals surface area contributed by atoms with Crippen molar-refractivity contribution in [2.45, 2.75) is 25.5 Å². The van der Waals surface area contributed by atoms with Crippen LogP contribution in [0.5, 0.6) is 5.88 Å². The Labute approximate surface area is 185 Å². The van der Waals surface area contributed by atoms with Gasteiger partial charge in [-0.15, -0.1) is 0 Å². The second kappa shape index (κ2) is 8.97. The largest absolute Gasteiger partial charge is 0.479 e. The first-order valence-electron chi connectivity index (χ1n) is 10.8. The molecule has 0 aliphatic carbocycles. The molecule has 3 aromatic rings. The number of hydrogen-bond donors (Lipinski definition) is 0. The van der Waals surface area contributed by atoms with E-state index in [4.69, 9.17) is 19.3 Å². The molecule has 2 aliphatic rings. The molecule has 32 heavy (non-hydrogen) atoms. The van der Waals surface area contributed by atoms with Crippen molar-refractivity contribution in [1.29, 1.82) is 0 Å². The first kappa shape index (κ1) is 21.0. The highest BCUT2D eigenvalue weighted by atomic mass is 19.1.